The molecule has 1 fully saturated rings. The summed E-state index contributed by atoms with van der Waals surface area (Å²) < 4.78 is 1.78. The van der Waals surface area contributed by atoms with Crippen LogP contribution in [0.5, 0.6) is 0 Å². The third-order valence-corrected chi connectivity index (χ3v) is 4.30. The minimum Gasteiger partial charge on any atom is -0.383 e. The number of hydrogen-bond donors (Lipinski definition) is 1. The van der Waals surface area contributed by atoms with Crippen molar-refractivity contribution in [2.24, 2.45) is 0 Å². The molecule has 0 bridgehead atoms. The number of nitrogens with zero attached hydrogens (tertiary/aromatic N) is 3. The van der Waals surface area contributed by atoms with Gasteiger partial charge in [0.2, 0.25) is 0 Å². The molecule has 1 aliphatic carbocycles. The summed E-state index contributed by atoms with van der Waals surface area (Å²) in [6, 6.07) is 12.4. The fraction of sp³-hybridized carbons (Fsp3) is 0.412. The van der Waals surface area contributed by atoms with Crippen LogP contribution in [0, 0.1) is 11.3 Å². The van der Waals surface area contributed by atoms with Gasteiger partial charge in [-0.05, 0) is 18.4 Å². The summed E-state index contributed by atoms with van der Waals surface area (Å²) in [6.45, 7) is 0.619. The highest BCUT2D eigenvalue weighted by atomic mass is 15.3. The summed E-state index contributed by atoms with van der Waals surface area (Å²) in [5.41, 5.74) is 8.78. The van der Waals surface area contributed by atoms with Crippen LogP contribution in [-0.4, -0.2) is 9.78 Å². The lowest BCUT2D eigenvalue weighted by Gasteiger charge is -2.19. The van der Waals surface area contributed by atoms with Crippen molar-refractivity contribution in [3.05, 3.63) is 47.2 Å². The van der Waals surface area contributed by atoms with E-state index in [9.17, 15) is 5.26 Å². The zero-order valence-corrected chi connectivity index (χ0v) is 12.1. The highest BCUT2D eigenvalue weighted by molar-refractivity contribution is 5.53. The van der Waals surface area contributed by atoms with Gasteiger partial charge in [-0.3, -0.25) is 0 Å². The molecule has 0 aliphatic heterocycles. The predicted molar refractivity (Wildman–Crippen MR) is 82.7 cm³/mol. The number of anilines is 1. The van der Waals surface area contributed by atoms with Gasteiger partial charge in [0.1, 0.15) is 17.5 Å². The van der Waals surface area contributed by atoms with Gasteiger partial charge in [0.15, 0.2) is 0 Å². The molecule has 3 rings (SSSR count). The number of rotatable bonds is 3. The lowest BCUT2D eigenvalue weighted by molar-refractivity contribution is 0.432. The first-order chi connectivity index (χ1) is 10.3. The Hall–Kier alpha value is -2.28. The first-order valence-corrected chi connectivity index (χ1v) is 7.60. The first-order valence-electron chi connectivity index (χ1n) is 7.60. The molecule has 2 N–H and O–H groups in total. The van der Waals surface area contributed by atoms with Gasteiger partial charge in [-0.1, -0.05) is 49.6 Å². The van der Waals surface area contributed by atoms with Crippen LogP contribution in [0.15, 0.2) is 30.3 Å². The second-order valence-electron chi connectivity index (χ2n) is 5.74. The standard InChI is InChI=1S/C17H20N4/c18-11-15-16(14-9-5-2-6-10-14)20-21(17(15)19)12-13-7-3-1-4-8-13/h1,3-4,7-8,14H,2,5-6,9-10,12,19H2. The molecule has 0 spiro atoms. The van der Waals surface area contributed by atoms with Crippen LogP contribution in [0.25, 0.3) is 0 Å². The number of hydrogen-bond acceptors (Lipinski definition) is 3. The van der Waals surface area contributed by atoms with Crippen molar-refractivity contribution in [3.8, 4) is 6.07 Å². The highest BCUT2D eigenvalue weighted by Gasteiger charge is 2.24. The van der Waals surface area contributed by atoms with Crippen molar-refractivity contribution in [2.45, 2.75) is 44.6 Å². The third-order valence-electron chi connectivity index (χ3n) is 4.30. The van der Waals surface area contributed by atoms with Crippen molar-refractivity contribution in [3.63, 3.8) is 0 Å². The average Bonchev–Trinajstić information content (AvgIpc) is 2.85. The summed E-state index contributed by atoms with van der Waals surface area (Å²) in [7, 11) is 0. The Balaban J connectivity index is 1.91. The Morgan fingerprint density at radius 2 is 1.90 bits per heavy atom. The SMILES string of the molecule is N#Cc1c(C2CCCCC2)nn(Cc2ccccc2)c1N. The van der Waals surface area contributed by atoms with Gasteiger partial charge in [0.05, 0.1) is 12.2 Å². The van der Waals surface area contributed by atoms with E-state index in [0.717, 1.165) is 24.1 Å². The van der Waals surface area contributed by atoms with E-state index >= 15 is 0 Å². The van der Waals surface area contributed by atoms with Gasteiger partial charge in [0.25, 0.3) is 0 Å². The Bertz CT molecular complexity index is 645. The monoisotopic (exact) mass is 280 g/mol. The molecule has 4 heteroatoms. The van der Waals surface area contributed by atoms with E-state index in [0.29, 0.717) is 23.8 Å². The van der Waals surface area contributed by atoms with Crippen molar-refractivity contribution in [2.75, 3.05) is 5.73 Å². The lowest BCUT2D eigenvalue weighted by atomic mass is 9.85. The molecule has 1 aromatic heterocycles. The fourth-order valence-corrected chi connectivity index (χ4v) is 3.15. The molecular weight excluding hydrogens is 260 g/mol. The number of nitrogens with two attached hydrogens (primary N) is 1. The molecule has 0 unspecified atom stereocenters. The number of nitrogen functional groups attached to an aromatic ring is 1. The lowest BCUT2D eigenvalue weighted by Crippen LogP contribution is -2.08. The van der Waals surface area contributed by atoms with Gasteiger partial charge in [0, 0.05) is 5.92 Å². The second kappa shape index (κ2) is 6.01. The predicted octanol–water partition coefficient (Wildman–Crippen LogP) is 3.43. The Morgan fingerprint density at radius 3 is 2.57 bits per heavy atom. The summed E-state index contributed by atoms with van der Waals surface area (Å²) in [5.74, 6) is 0.898. The number of benzene rings is 1. The normalized spacial score (nSPS) is 15.8. The van der Waals surface area contributed by atoms with E-state index < -0.39 is 0 Å². The minimum atomic E-state index is 0.396. The second-order valence-corrected chi connectivity index (χ2v) is 5.74. The smallest absolute Gasteiger partial charge is 0.140 e. The maximum Gasteiger partial charge on any atom is 0.140 e. The molecule has 2 aromatic rings. The largest absolute Gasteiger partial charge is 0.383 e. The topological polar surface area (TPSA) is 67.6 Å². The molecule has 108 valence electrons. The molecule has 1 aliphatic rings. The van der Waals surface area contributed by atoms with Crippen molar-refractivity contribution in [1.29, 1.82) is 5.26 Å². The average molecular weight is 280 g/mol. The Labute approximate surface area is 125 Å². The van der Waals surface area contributed by atoms with Crippen LogP contribution in [0.4, 0.5) is 5.82 Å². The molecule has 4 nitrogen and oxygen atoms in total. The number of nitriles is 1. The van der Waals surface area contributed by atoms with Crippen molar-refractivity contribution >= 4 is 5.82 Å². The summed E-state index contributed by atoms with van der Waals surface area (Å²) in [4.78, 5) is 0. The number of aromatic nitrogens is 2. The molecule has 0 atom stereocenters. The molecule has 0 radical (unpaired) electrons. The van der Waals surface area contributed by atoms with E-state index in [1.54, 1.807) is 4.68 Å². The van der Waals surface area contributed by atoms with E-state index in [2.05, 4.69) is 11.2 Å². The van der Waals surface area contributed by atoms with Gasteiger partial charge in [-0.25, -0.2) is 4.68 Å². The van der Waals surface area contributed by atoms with E-state index in [1.165, 1.54) is 19.3 Å². The maximum absolute atomic E-state index is 9.43. The van der Waals surface area contributed by atoms with Crippen molar-refractivity contribution < 1.29 is 0 Å². The summed E-state index contributed by atoms with van der Waals surface area (Å²) >= 11 is 0. The van der Waals surface area contributed by atoms with Gasteiger partial charge < -0.3 is 5.73 Å². The molecule has 0 saturated heterocycles. The fourth-order valence-electron chi connectivity index (χ4n) is 3.15. The van der Waals surface area contributed by atoms with Crippen molar-refractivity contribution in [1.82, 2.24) is 9.78 Å². The summed E-state index contributed by atoms with van der Waals surface area (Å²) in [5, 5.41) is 14.1. The molecular formula is C17H20N4. The van der Waals surface area contributed by atoms with Crippen LogP contribution in [0.1, 0.15) is 54.8 Å². The van der Waals surface area contributed by atoms with Gasteiger partial charge in [-0.15, -0.1) is 0 Å². The molecule has 1 heterocycles. The minimum absolute atomic E-state index is 0.396. The molecule has 1 aromatic carbocycles. The van der Waals surface area contributed by atoms with Crippen LogP contribution in [0.3, 0.4) is 0 Å². The maximum atomic E-state index is 9.43. The third kappa shape index (κ3) is 2.78. The highest BCUT2D eigenvalue weighted by Crippen LogP contribution is 2.35. The quantitative estimate of drug-likeness (QED) is 0.936. The zero-order chi connectivity index (χ0) is 14.7. The Kier molecular flexibility index (Phi) is 3.92. The molecule has 1 saturated carbocycles. The van der Waals surface area contributed by atoms with E-state index in [4.69, 9.17) is 5.73 Å². The van der Waals surface area contributed by atoms with Crippen LogP contribution in [-0.2, 0) is 6.54 Å². The van der Waals surface area contributed by atoms with E-state index in [1.807, 2.05) is 30.3 Å². The van der Waals surface area contributed by atoms with Gasteiger partial charge in [-0.2, -0.15) is 10.4 Å². The van der Waals surface area contributed by atoms with Crippen LogP contribution < -0.4 is 5.73 Å². The zero-order valence-electron chi connectivity index (χ0n) is 12.1. The molecule has 0 amide bonds. The molecule has 21 heavy (non-hydrogen) atoms. The van der Waals surface area contributed by atoms with Crippen LogP contribution in [0.2, 0.25) is 0 Å². The van der Waals surface area contributed by atoms with Crippen LogP contribution >= 0.6 is 0 Å². The van der Waals surface area contributed by atoms with E-state index in [-0.39, 0.29) is 0 Å². The summed E-state index contributed by atoms with van der Waals surface area (Å²) in [6.07, 6.45) is 5.98. The first kappa shape index (κ1) is 13.7. The Morgan fingerprint density at radius 1 is 1.19 bits per heavy atom. The van der Waals surface area contributed by atoms with Gasteiger partial charge >= 0.3 is 0 Å².